The van der Waals surface area contributed by atoms with Gasteiger partial charge in [-0.15, -0.1) is 0 Å². The maximum Gasteiger partial charge on any atom is 0.253 e. The van der Waals surface area contributed by atoms with E-state index in [1.807, 2.05) is 49.4 Å². The first-order valence-corrected chi connectivity index (χ1v) is 9.15. The molecule has 1 N–H and O–H groups in total. The van der Waals surface area contributed by atoms with E-state index < -0.39 is 5.60 Å². The Morgan fingerprint density at radius 2 is 1.81 bits per heavy atom. The summed E-state index contributed by atoms with van der Waals surface area (Å²) in [4.78, 5) is 26.1. The molecule has 0 saturated carbocycles. The largest absolute Gasteiger partial charge is 0.388 e. The van der Waals surface area contributed by atoms with Crippen molar-refractivity contribution in [1.29, 1.82) is 0 Å². The number of carbonyl (C=O) groups is 2. The number of hydrogen-bond donors (Lipinski definition) is 1. The molecule has 1 aliphatic rings. The van der Waals surface area contributed by atoms with Crippen LogP contribution in [0.5, 0.6) is 0 Å². The molecule has 3 rings (SSSR count). The van der Waals surface area contributed by atoms with Gasteiger partial charge in [-0.25, -0.2) is 0 Å². The van der Waals surface area contributed by atoms with Gasteiger partial charge >= 0.3 is 0 Å². The highest BCUT2D eigenvalue weighted by molar-refractivity contribution is 5.96. The Balaban J connectivity index is 1.78. The van der Waals surface area contributed by atoms with E-state index in [4.69, 9.17) is 0 Å². The highest BCUT2D eigenvalue weighted by Crippen LogP contribution is 2.26. The highest BCUT2D eigenvalue weighted by atomic mass is 16.3. The Hall–Kier alpha value is -2.46. The van der Waals surface area contributed by atoms with Crippen LogP contribution in [-0.4, -0.2) is 40.4 Å². The zero-order valence-corrected chi connectivity index (χ0v) is 15.4. The number of aliphatic hydroxyl groups is 1. The molecule has 1 aliphatic heterocycles. The van der Waals surface area contributed by atoms with Crippen molar-refractivity contribution in [3.8, 4) is 11.1 Å². The Labute approximate surface area is 154 Å². The summed E-state index contributed by atoms with van der Waals surface area (Å²) in [6.07, 6.45) is 2.23. The zero-order valence-electron chi connectivity index (χ0n) is 15.4. The van der Waals surface area contributed by atoms with Gasteiger partial charge in [0.05, 0.1) is 5.60 Å². The molecule has 4 nitrogen and oxygen atoms in total. The van der Waals surface area contributed by atoms with E-state index in [9.17, 15) is 14.7 Å². The smallest absolute Gasteiger partial charge is 0.253 e. The first-order chi connectivity index (χ1) is 12.4. The molecule has 1 heterocycles. The summed E-state index contributed by atoms with van der Waals surface area (Å²) >= 11 is 0. The number of hydrogen-bond acceptors (Lipinski definition) is 3. The van der Waals surface area contributed by atoms with Crippen molar-refractivity contribution in [3.63, 3.8) is 0 Å². The number of rotatable bonds is 4. The lowest BCUT2D eigenvalue weighted by Crippen LogP contribution is -2.49. The number of likely N-dealkylation sites (tertiary alicyclic amines) is 1. The van der Waals surface area contributed by atoms with Gasteiger partial charge in [-0.05, 0) is 55.5 Å². The maximum absolute atomic E-state index is 12.8. The molecular weight excluding hydrogens is 326 g/mol. The molecule has 0 bridgehead atoms. The summed E-state index contributed by atoms with van der Waals surface area (Å²) in [6, 6.07) is 14.9. The van der Waals surface area contributed by atoms with Crippen LogP contribution >= 0.6 is 0 Å². The van der Waals surface area contributed by atoms with Gasteiger partial charge in [-0.2, -0.15) is 0 Å². The number of β-amino-alcohol motifs (C(OH)–C–C–N with tert-alkyl or cyclic N) is 1. The topological polar surface area (TPSA) is 57.6 Å². The van der Waals surface area contributed by atoms with Crippen LogP contribution in [0.2, 0.25) is 0 Å². The minimum absolute atomic E-state index is 0.0344. The molecule has 4 heteroatoms. The lowest BCUT2D eigenvalue weighted by atomic mass is 9.90. The van der Waals surface area contributed by atoms with Crippen molar-refractivity contribution in [3.05, 3.63) is 59.7 Å². The molecule has 1 amide bonds. The minimum Gasteiger partial charge on any atom is -0.388 e. The predicted octanol–water partition coefficient (Wildman–Crippen LogP) is 3.93. The van der Waals surface area contributed by atoms with Crippen LogP contribution in [0.15, 0.2) is 48.5 Å². The third kappa shape index (κ3) is 3.86. The summed E-state index contributed by atoms with van der Waals surface area (Å²) < 4.78 is 0. The Morgan fingerprint density at radius 3 is 2.46 bits per heavy atom. The molecule has 2 aromatic carbocycles. The standard InChI is InChI=1S/C22H25NO3/c1-3-22(26)12-5-13-23(15-22)21(25)18-10-8-17(9-11-18)20-7-4-6-19(14-20)16(2)24/h4,6-11,14,26H,3,5,12-13,15H2,1-2H3. The van der Waals surface area contributed by atoms with E-state index in [1.165, 1.54) is 0 Å². The second-order valence-electron chi connectivity index (χ2n) is 7.12. The third-order valence-corrected chi connectivity index (χ3v) is 5.23. The first kappa shape index (κ1) is 18.3. The number of benzene rings is 2. The van der Waals surface area contributed by atoms with Crippen molar-refractivity contribution < 1.29 is 14.7 Å². The van der Waals surface area contributed by atoms with E-state index in [1.54, 1.807) is 17.9 Å². The van der Waals surface area contributed by atoms with E-state index >= 15 is 0 Å². The SMILES string of the molecule is CCC1(O)CCCN(C(=O)c2ccc(-c3cccc(C(C)=O)c3)cc2)C1. The van der Waals surface area contributed by atoms with Crippen LogP contribution in [0, 0.1) is 0 Å². The predicted molar refractivity (Wildman–Crippen MR) is 102 cm³/mol. The lowest BCUT2D eigenvalue weighted by molar-refractivity contribution is -0.0270. The Bertz CT molecular complexity index is 812. The number of amides is 1. The van der Waals surface area contributed by atoms with Crippen LogP contribution in [0.4, 0.5) is 0 Å². The summed E-state index contributed by atoms with van der Waals surface area (Å²) in [7, 11) is 0. The molecule has 0 aliphatic carbocycles. The fraction of sp³-hybridized carbons (Fsp3) is 0.364. The molecule has 1 saturated heterocycles. The molecule has 1 fully saturated rings. The fourth-order valence-corrected chi connectivity index (χ4v) is 3.48. The van der Waals surface area contributed by atoms with Crippen molar-refractivity contribution >= 4 is 11.7 Å². The second kappa shape index (κ2) is 7.42. The van der Waals surface area contributed by atoms with Crippen LogP contribution in [0.25, 0.3) is 11.1 Å². The molecule has 0 spiro atoms. The van der Waals surface area contributed by atoms with Crippen LogP contribution in [-0.2, 0) is 0 Å². The average Bonchev–Trinajstić information content (AvgIpc) is 2.67. The summed E-state index contributed by atoms with van der Waals surface area (Å²) in [5.74, 6) is -0.00670. The van der Waals surface area contributed by atoms with Gasteiger partial charge in [0.2, 0.25) is 0 Å². The second-order valence-corrected chi connectivity index (χ2v) is 7.12. The zero-order chi connectivity index (χ0) is 18.7. The number of nitrogens with zero attached hydrogens (tertiary/aromatic N) is 1. The van der Waals surface area contributed by atoms with Gasteiger partial charge in [0, 0.05) is 24.2 Å². The van der Waals surface area contributed by atoms with Gasteiger partial charge in [0.25, 0.3) is 5.91 Å². The molecule has 1 unspecified atom stereocenters. The van der Waals surface area contributed by atoms with E-state index in [0.29, 0.717) is 30.6 Å². The average molecular weight is 351 g/mol. The van der Waals surface area contributed by atoms with Crippen LogP contribution in [0.1, 0.15) is 53.8 Å². The van der Waals surface area contributed by atoms with Gasteiger partial charge < -0.3 is 10.0 Å². The molecule has 136 valence electrons. The van der Waals surface area contributed by atoms with E-state index in [2.05, 4.69) is 0 Å². The maximum atomic E-state index is 12.8. The minimum atomic E-state index is -0.763. The summed E-state index contributed by atoms with van der Waals surface area (Å²) in [6.45, 7) is 4.59. The van der Waals surface area contributed by atoms with Gasteiger partial charge in [0.15, 0.2) is 5.78 Å². The van der Waals surface area contributed by atoms with Crippen molar-refractivity contribution in [2.24, 2.45) is 0 Å². The van der Waals surface area contributed by atoms with Crippen LogP contribution < -0.4 is 0 Å². The first-order valence-electron chi connectivity index (χ1n) is 9.15. The fourth-order valence-electron chi connectivity index (χ4n) is 3.48. The van der Waals surface area contributed by atoms with Gasteiger partial charge in [0.1, 0.15) is 0 Å². The van der Waals surface area contributed by atoms with E-state index in [0.717, 1.165) is 24.0 Å². The number of piperidine rings is 1. The quantitative estimate of drug-likeness (QED) is 0.849. The summed E-state index contributed by atoms with van der Waals surface area (Å²) in [5, 5.41) is 10.5. The Morgan fingerprint density at radius 1 is 1.08 bits per heavy atom. The third-order valence-electron chi connectivity index (χ3n) is 5.23. The van der Waals surface area contributed by atoms with E-state index in [-0.39, 0.29) is 11.7 Å². The summed E-state index contributed by atoms with van der Waals surface area (Å²) in [5.41, 5.74) is 2.45. The molecule has 26 heavy (non-hydrogen) atoms. The molecule has 2 aromatic rings. The van der Waals surface area contributed by atoms with Crippen LogP contribution in [0.3, 0.4) is 0 Å². The number of carbonyl (C=O) groups excluding carboxylic acids is 2. The Kier molecular flexibility index (Phi) is 5.23. The van der Waals surface area contributed by atoms with Crippen molar-refractivity contribution in [2.45, 2.75) is 38.7 Å². The van der Waals surface area contributed by atoms with Gasteiger partial charge in [-0.1, -0.05) is 37.3 Å². The normalized spacial score (nSPS) is 20.0. The van der Waals surface area contributed by atoms with Crippen molar-refractivity contribution in [1.82, 2.24) is 4.90 Å². The number of ketones is 1. The molecule has 1 atom stereocenters. The molecule has 0 aromatic heterocycles. The van der Waals surface area contributed by atoms with Crippen molar-refractivity contribution in [2.75, 3.05) is 13.1 Å². The molecule has 0 radical (unpaired) electrons. The van der Waals surface area contributed by atoms with Gasteiger partial charge in [-0.3, -0.25) is 9.59 Å². The highest BCUT2D eigenvalue weighted by Gasteiger charge is 2.33. The molecular formula is C22H25NO3. The monoisotopic (exact) mass is 351 g/mol. The number of Topliss-reactive ketones (excluding diaryl/α,β-unsaturated/α-hetero) is 1. The lowest BCUT2D eigenvalue weighted by Gasteiger charge is -2.38.